The molecule has 8 heteroatoms. The number of fused-ring (bicyclic) bond motifs is 1. The Kier molecular flexibility index (Phi) is 4.04. The molecule has 2 aromatic rings. The van der Waals surface area contributed by atoms with Crippen LogP contribution in [0.1, 0.15) is 11.1 Å². The molecule has 0 radical (unpaired) electrons. The number of hydrogen-bond acceptors (Lipinski definition) is 5. The first-order valence-corrected chi connectivity index (χ1v) is 7.35. The highest BCUT2D eigenvalue weighted by atomic mass is 35.5. The summed E-state index contributed by atoms with van der Waals surface area (Å²) >= 11 is 6.21. The van der Waals surface area contributed by atoms with Crippen LogP contribution in [0.3, 0.4) is 0 Å². The SMILES string of the molecule is CN1C(=O)C(O)N=C(c2ccccc2Cl)c2cc([N+](=O)[O-])ccc21. The largest absolute Gasteiger partial charge is 0.364 e. The Balaban J connectivity index is 2.32. The predicted molar refractivity (Wildman–Crippen MR) is 89.6 cm³/mol. The number of aliphatic imine (C=N–C) groups is 1. The molecule has 0 bridgehead atoms. The summed E-state index contributed by atoms with van der Waals surface area (Å²) < 4.78 is 0. The maximum absolute atomic E-state index is 12.2. The minimum absolute atomic E-state index is 0.147. The molecule has 3 rings (SSSR count). The van der Waals surface area contributed by atoms with Crippen LogP contribution in [-0.4, -0.2) is 34.9 Å². The summed E-state index contributed by atoms with van der Waals surface area (Å²) in [5, 5.41) is 21.5. The van der Waals surface area contributed by atoms with Gasteiger partial charge in [-0.25, -0.2) is 4.99 Å². The van der Waals surface area contributed by atoms with E-state index in [1.807, 2.05) is 0 Å². The first-order valence-electron chi connectivity index (χ1n) is 6.97. The Bertz CT molecular complexity index is 881. The Morgan fingerprint density at radius 1 is 1.25 bits per heavy atom. The van der Waals surface area contributed by atoms with Crippen LogP contribution in [-0.2, 0) is 4.79 Å². The molecular formula is C16H12ClN3O4. The molecule has 24 heavy (non-hydrogen) atoms. The topological polar surface area (TPSA) is 96.0 Å². The number of rotatable bonds is 2. The molecule has 0 aromatic heterocycles. The summed E-state index contributed by atoms with van der Waals surface area (Å²) in [6.45, 7) is 0. The molecule has 122 valence electrons. The Morgan fingerprint density at radius 2 is 1.96 bits per heavy atom. The Hall–Kier alpha value is -2.77. The number of nitro benzene ring substituents is 1. The van der Waals surface area contributed by atoms with Gasteiger partial charge < -0.3 is 10.0 Å². The number of carbonyl (C=O) groups is 1. The molecule has 0 saturated heterocycles. The third-order valence-electron chi connectivity index (χ3n) is 3.74. The molecule has 0 aliphatic carbocycles. The van der Waals surface area contributed by atoms with Gasteiger partial charge >= 0.3 is 0 Å². The number of nitro groups is 1. The minimum Gasteiger partial charge on any atom is -0.364 e. The number of aliphatic hydroxyl groups is 1. The molecule has 1 N–H and O–H groups in total. The van der Waals surface area contributed by atoms with Crippen molar-refractivity contribution in [3.63, 3.8) is 0 Å². The fraction of sp³-hybridized carbons (Fsp3) is 0.125. The van der Waals surface area contributed by atoms with Gasteiger partial charge in [0.25, 0.3) is 11.6 Å². The van der Waals surface area contributed by atoms with Crippen LogP contribution in [0.15, 0.2) is 47.5 Å². The number of anilines is 1. The van der Waals surface area contributed by atoms with Crippen molar-refractivity contribution in [2.75, 3.05) is 11.9 Å². The van der Waals surface area contributed by atoms with Gasteiger partial charge in [-0.05, 0) is 12.1 Å². The lowest BCUT2D eigenvalue weighted by atomic mass is 9.99. The summed E-state index contributed by atoms with van der Waals surface area (Å²) in [6, 6.07) is 10.8. The first kappa shape index (κ1) is 16.1. The average Bonchev–Trinajstić information content (AvgIpc) is 2.66. The highest BCUT2D eigenvalue weighted by Gasteiger charge is 2.30. The Labute approximate surface area is 142 Å². The molecule has 2 aromatic carbocycles. The van der Waals surface area contributed by atoms with Gasteiger partial charge in [-0.2, -0.15) is 0 Å². The van der Waals surface area contributed by atoms with Gasteiger partial charge in [0.1, 0.15) is 0 Å². The summed E-state index contributed by atoms with van der Waals surface area (Å²) in [5.41, 5.74) is 1.31. The average molecular weight is 346 g/mol. The maximum Gasteiger partial charge on any atom is 0.278 e. The highest BCUT2D eigenvalue weighted by molar-refractivity contribution is 6.36. The number of non-ortho nitro benzene ring substituents is 1. The van der Waals surface area contributed by atoms with E-state index in [0.717, 1.165) is 0 Å². The molecule has 0 saturated carbocycles. The zero-order valence-corrected chi connectivity index (χ0v) is 13.3. The van der Waals surface area contributed by atoms with Gasteiger partial charge in [0.05, 0.1) is 16.3 Å². The van der Waals surface area contributed by atoms with Gasteiger partial charge in [0.15, 0.2) is 0 Å². The summed E-state index contributed by atoms with van der Waals surface area (Å²) in [7, 11) is 1.47. The van der Waals surface area contributed by atoms with Gasteiger partial charge in [0, 0.05) is 35.3 Å². The molecule has 1 amide bonds. The molecule has 1 unspecified atom stereocenters. The summed E-state index contributed by atoms with van der Waals surface area (Å²) in [4.78, 5) is 28.0. The molecule has 0 fully saturated rings. The normalized spacial score (nSPS) is 17.1. The third kappa shape index (κ3) is 2.64. The van der Waals surface area contributed by atoms with E-state index in [2.05, 4.69) is 4.99 Å². The quantitative estimate of drug-likeness (QED) is 0.667. The van der Waals surface area contributed by atoms with Crippen LogP contribution in [0, 0.1) is 10.1 Å². The van der Waals surface area contributed by atoms with Crippen molar-refractivity contribution in [2.45, 2.75) is 6.23 Å². The fourth-order valence-electron chi connectivity index (χ4n) is 2.53. The monoisotopic (exact) mass is 345 g/mol. The van der Waals surface area contributed by atoms with Crippen LogP contribution in [0.5, 0.6) is 0 Å². The number of halogens is 1. The van der Waals surface area contributed by atoms with Crippen molar-refractivity contribution in [1.82, 2.24) is 0 Å². The van der Waals surface area contributed by atoms with Crippen molar-refractivity contribution in [3.05, 3.63) is 68.7 Å². The van der Waals surface area contributed by atoms with Gasteiger partial charge in [-0.15, -0.1) is 0 Å². The van der Waals surface area contributed by atoms with Gasteiger partial charge in [0.2, 0.25) is 6.23 Å². The second kappa shape index (κ2) is 6.03. The van der Waals surface area contributed by atoms with Crippen LogP contribution in [0.25, 0.3) is 0 Å². The number of nitrogens with zero attached hydrogens (tertiary/aromatic N) is 3. The van der Waals surface area contributed by atoms with Gasteiger partial charge in [-0.3, -0.25) is 14.9 Å². The lowest BCUT2D eigenvalue weighted by Crippen LogP contribution is -2.34. The van der Waals surface area contributed by atoms with Crippen LogP contribution < -0.4 is 4.90 Å². The standard InChI is InChI=1S/C16H12ClN3O4/c1-19-13-7-6-9(20(23)24)8-11(13)14(18-15(21)16(19)22)10-4-2-3-5-12(10)17/h2-8,15,21H,1H3. The number of carbonyl (C=O) groups excluding carboxylic acids is 1. The summed E-state index contributed by atoms with van der Waals surface area (Å²) in [6.07, 6.45) is -1.62. The molecule has 1 aliphatic heterocycles. The van der Waals surface area contributed by atoms with Crippen molar-refractivity contribution in [2.24, 2.45) is 4.99 Å². The Morgan fingerprint density at radius 3 is 2.62 bits per heavy atom. The van der Waals surface area contributed by atoms with E-state index in [0.29, 0.717) is 21.8 Å². The third-order valence-corrected chi connectivity index (χ3v) is 4.07. The lowest BCUT2D eigenvalue weighted by molar-refractivity contribution is -0.384. The van der Waals surface area contributed by atoms with E-state index in [1.54, 1.807) is 24.3 Å². The van der Waals surface area contributed by atoms with E-state index < -0.39 is 17.1 Å². The number of benzodiazepines with no additional fused rings is 1. The molecule has 7 nitrogen and oxygen atoms in total. The smallest absolute Gasteiger partial charge is 0.278 e. The zero-order chi connectivity index (χ0) is 17.4. The highest BCUT2D eigenvalue weighted by Crippen LogP contribution is 2.32. The number of likely N-dealkylation sites (N-methyl/N-ethyl adjacent to an activating group) is 1. The molecule has 1 heterocycles. The number of amides is 1. The molecular weight excluding hydrogens is 334 g/mol. The fourth-order valence-corrected chi connectivity index (χ4v) is 2.75. The van der Waals surface area contributed by atoms with Crippen molar-refractivity contribution >= 4 is 34.6 Å². The van der Waals surface area contributed by atoms with Crippen LogP contribution in [0.2, 0.25) is 5.02 Å². The number of aliphatic hydroxyl groups excluding tert-OH is 1. The van der Waals surface area contributed by atoms with E-state index in [1.165, 1.54) is 30.1 Å². The minimum atomic E-state index is -1.62. The van der Waals surface area contributed by atoms with Crippen LogP contribution in [0.4, 0.5) is 11.4 Å². The van der Waals surface area contributed by atoms with Crippen molar-refractivity contribution in [3.8, 4) is 0 Å². The number of hydrogen-bond donors (Lipinski definition) is 1. The predicted octanol–water partition coefficient (Wildman–Crippen LogP) is 2.38. The van der Waals surface area contributed by atoms with Crippen molar-refractivity contribution < 1.29 is 14.8 Å². The second-order valence-corrected chi connectivity index (χ2v) is 5.59. The van der Waals surface area contributed by atoms with Gasteiger partial charge in [-0.1, -0.05) is 29.8 Å². The second-order valence-electron chi connectivity index (χ2n) is 5.19. The van der Waals surface area contributed by atoms with E-state index in [9.17, 15) is 20.0 Å². The van der Waals surface area contributed by atoms with Crippen molar-refractivity contribution in [1.29, 1.82) is 0 Å². The van der Waals surface area contributed by atoms with E-state index in [-0.39, 0.29) is 11.4 Å². The first-order chi connectivity index (χ1) is 11.4. The van der Waals surface area contributed by atoms with E-state index in [4.69, 9.17) is 11.6 Å². The van der Waals surface area contributed by atoms with E-state index >= 15 is 0 Å². The van der Waals surface area contributed by atoms with Crippen LogP contribution >= 0.6 is 11.6 Å². The maximum atomic E-state index is 12.2. The summed E-state index contributed by atoms with van der Waals surface area (Å²) in [5.74, 6) is -0.632. The lowest BCUT2D eigenvalue weighted by Gasteiger charge is -2.18. The zero-order valence-electron chi connectivity index (χ0n) is 12.5. The molecule has 0 spiro atoms. The molecule has 1 atom stereocenters. The molecule has 1 aliphatic rings. The number of benzene rings is 2.